The van der Waals surface area contributed by atoms with Gasteiger partial charge in [0.25, 0.3) is 0 Å². The van der Waals surface area contributed by atoms with Crippen LogP contribution in [-0.4, -0.2) is 0 Å². The van der Waals surface area contributed by atoms with Crippen LogP contribution < -0.4 is 0 Å². The van der Waals surface area contributed by atoms with Crippen LogP contribution in [-0.2, 0) is 6.37 Å². The molecule has 0 aliphatic rings. The van der Waals surface area contributed by atoms with Crippen molar-refractivity contribution in [3.63, 3.8) is 0 Å². The van der Waals surface area contributed by atoms with Gasteiger partial charge in [0.2, 0.25) is 0 Å². The van der Waals surface area contributed by atoms with Gasteiger partial charge in [-0.15, -0.1) is 0 Å². The summed E-state index contributed by atoms with van der Waals surface area (Å²) in [6.45, 7) is 1.57. The van der Waals surface area contributed by atoms with E-state index in [4.69, 9.17) is 2.74 Å². The molecule has 0 saturated carbocycles. The Hall–Kier alpha value is -1.56. The summed E-state index contributed by atoms with van der Waals surface area (Å²) in [6.07, 6.45) is -1.27. The second-order valence-electron chi connectivity index (χ2n) is 3.19. The predicted molar refractivity (Wildman–Crippen MR) is 61.3 cm³/mol. The lowest BCUT2D eigenvalue weighted by Crippen LogP contribution is -1.80. The molecule has 2 aromatic carbocycles. The van der Waals surface area contributed by atoms with Gasteiger partial charge in [-0.2, -0.15) is 0 Å². The molecule has 0 heteroatoms. The molecule has 0 spiro atoms. The van der Waals surface area contributed by atoms with Gasteiger partial charge in [-0.1, -0.05) is 61.5 Å². The first kappa shape index (κ1) is 6.83. The molecule has 14 heavy (non-hydrogen) atoms. The molecule has 0 nitrogen and oxygen atoms in total. The maximum Gasteiger partial charge on any atom is 0.0313 e. The van der Waals surface area contributed by atoms with E-state index in [-0.39, 0.29) is 0 Å². The fraction of sp³-hybridized carbons (Fsp3) is 0.143. The molecule has 0 bridgehead atoms. The second kappa shape index (κ2) is 4.10. The number of rotatable bonds is 2. The molecule has 0 aliphatic carbocycles. The van der Waals surface area contributed by atoms with Crippen molar-refractivity contribution >= 4 is 0 Å². The molecule has 2 aromatic rings. The zero-order valence-electron chi connectivity index (χ0n) is 10.2. The summed E-state index contributed by atoms with van der Waals surface area (Å²) in [6, 6.07) is 17.7. The fourth-order valence-corrected chi connectivity index (χ4v) is 1.46. The van der Waals surface area contributed by atoms with Crippen molar-refractivity contribution in [1.82, 2.24) is 0 Å². The average Bonchev–Trinajstić information content (AvgIpc) is 2.29. The molecule has 0 heterocycles. The molecule has 0 aliphatic heterocycles. The first-order chi connectivity index (χ1) is 7.57. The van der Waals surface area contributed by atoms with Crippen LogP contribution in [0.4, 0.5) is 0 Å². The Bertz CT molecular complexity index is 452. The van der Waals surface area contributed by atoms with E-state index >= 15 is 0 Å². The van der Waals surface area contributed by atoms with E-state index < -0.39 is 6.37 Å². The number of hydrogen-bond acceptors (Lipinski definition) is 0. The number of benzene rings is 2. The van der Waals surface area contributed by atoms with Gasteiger partial charge in [-0.25, -0.2) is 0 Å². The Labute approximate surface area is 88.0 Å². The largest absolute Gasteiger partial charge is 0.0622 e. The molecule has 0 saturated heterocycles. The Morgan fingerprint density at radius 2 is 1.43 bits per heavy atom. The third kappa shape index (κ3) is 1.85. The van der Waals surface area contributed by atoms with Crippen LogP contribution in [0, 0.1) is 0 Å². The van der Waals surface area contributed by atoms with Crippen LogP contribution in [0.2, 0.25) is 0 Å². The molecule has 2 rings (SSSR count). The Morgan fingerprint density at radius 3 is 2.00 bits per heavy atom. The van der Waals surface area contributed by atoms with E-state index in [2.05, 4.69) is 12.1 Å². The highest BCUT2D eigenvalue weighted by Gasteiger charge is 1.95. The fourth-order valence-electron chi connectivity index (χ4n) is 1.46. The zero-order valence-corrected chi connectivity index (χ0v) is 8.20. The molecule has 0 amide bonds. The van der Waals surface area contributed by atoms with Crippen LogP contribution in [0.15, 0.2) is 54.6 Å². The first-order valence-electron chi connectivity index (χ1n) is 5.73. The minimum Gasteiger partial charge on any atom is -0.0622 e. The van der Waals surface area contributed by atoms with Crippen LogP contribution in [0.3, 0.4) is 0 Å². The van der Waals surface area contributed by atoms with Gasteiger partial charge in [0, 0.05) is 2.74 Å². The maximum absolute atomic E-state index is 7.61. The van der Waals surface area contributed by atoms with E-state index in [9.17, 15) is 0 Å². The molecule has 0 radical (unpaired) electrons. The van der Waals surface area contributed by atoms with Crippen LogP contribution in [0.25, 0.3) is 11.1 Å². The minimum atomic E-state index is -1.27. The first-order valence-corrected chi connectivity index (χ1v) is 4.73. The number of hydrogen-bond donors (Lipinski definition) is 0. The van der Waals surface area contributed by atoms with Crippen molar-refractivity contribution in [2.45, 2.75) is 13.3 Å². The van der Waals surface area contributed by atoms with Crippen molar-refractivity contribution in [3.05, 3.63) is 60.2 Å². The Kier molecular flexibility index (Phi) is 2.00. The van der Waals surface area contributed by atoms with E-state index in [0.29, 0.717) is 5.56 Å². The normalized spacial score (nSPS) is 13.2. The van der Waals surface area contributed by atoms with Gasteiger partial charge < -0.3 is 0 Å². The molecular weight excluding hydrogens is 168 g/mol. The predicted octanol–water partition coefficient (Wildman–Crippen LogP) is 3.92. The van der Waals surface area contributed by atoms with Gasteiger partial charge in [0.15, 0.2) is 0 Å². The summed E-state index contributed by atoms with van der Waals surface area (Å²) in [5, 5.41) is 0. The van der Waals surface area contributed by atoms with Crippen molar-refractivity contribution in [2.24, 2.45) is 0 Å². The summed E-state index contributed by atoms with van der Waals surface area (Å²) in [5.41, 5.74) is 2.99. The van der Waals surface area contributed by atoms with E-state index in [1.54, 1.807) is 6.92 Å². The third-order valence-corrected chi connectivity index (χ3v) is 2.28. The Morgan fingerprint density at radius 1 is 0.857 bits per heavy atom. The van der Waals surface area contributed by atoms with Crippen LogP contribution in [0.5, 0.6) is 0 Å². The van der Waals surface area contributed by atoms with Gasteiger partial charge in [0.05, 0.1) is 0 Å². The zero-order chi connectivity index (χ0) is 11.6. The summed E-state index contributed by atoms with van der Waals surface area (Å²) >= 11 is 0. The van der Waals surface area contributed by atoms with E-state index in [0.717, 1.165) is 11.1 Å². The summed E-state index contributed by atoms with van der Waals surface area (Å²) < 4.78 is 15.2. The molecular formula is C14H14. The lowest BCUT2D eigenvalue weighted by molar-refractivity contribution is 1.14. The summed E-state index contributed by atoms with van der Waals surface area (Å²) in [4.78, 5) is 0. The maximum atomic E-state index is 7.61. The molecule has 0 atom stereocenters. The lowest BCUT2D eigenvalue weighted by Gasteiger charge is -2.02. The van der Waals surface area contributed by atoms with Gasteiger partial charge >= 0.3 is 0 Å². The molecule has 0 aromatic heterocycles. The monoisotopic (exact) mass is 184 g/mol. The van der Waals surface area contributed by atoms with E-state index in [1.165, 1.54) is 0 Å². The molecule has 70 valence electrons. The highest BCUT2D eigenvalue weighted by atomic mass is 14.0. The molecule has 0 fully saturated rings. The van der Waals surface area contributed by atoms with Crippen LogP contribution >= 0.6 is 0 Å². The SMILES string of the molecule is [2H]C([2H])(C)c1ccc(-c2ccccc2)cc1. The lowest BCUT2D eigenvalue weighted by atomic mass is 10.0. The summed E-state index contributed by atoms with van der Waals surface area (Å²) in [5.74, 6) is 0. The highest BCUT2D eigenvalue weighted by Crippen LogP contribution is 2.19. The molecule has 0 N–H and O–H groups in total. The van der Waals surface area contributed by atoms with Gasteiger partial charge in [-0.3, -0.25) is 0 Å². The topological polar surface area (TPSA) is 0 Å². The summed E-state index contributed by atoms with van der Waals surface area (Å²) in [7, 11) is 0. The van der Waals surface area contributed by atoms with E-state index in [1.807, 2.05) is 42.5 Å². The Balaban J connectivity index is 2.34. The third-order valence-electron chi connectivity index (χ3n) is 2.28. The number of aryl methyl sites for hydroxylation is 1. The molecule has 0 unspecified atom stereocenters. The average molecular weight is 184 g/mol. The minimum absolute atomic E-state index is 0.715. The van der Waals surface area contributed by atoms with Crippen LogP contribution in [0.1, 0.15) is 15.2 Å². The van der Waals surface area contributed by atoms with Gasteiger partial charge in [0.1, 0.15) is 0 Å². The standard InChI is InChI=1S/C14H14/c1-2-12-8-10-14(11-9-12)13-6-4-3-5-7-13/h3-11H,2H2,1H3/i2D2. The smallest absolute Gasteiger partial charge is 0.0313 e. The van der Waals surface area contributed by atoms with Crippen molar-refractivity contribution < 1.29 is 2.74 Å². The second-order valence-corrected chi connectivity index (χ2v) is 3.19. The highest BCUT2D eigenvalue weighted by molar-refractivity contribution is 5.63. The van der Waals surface area contributed by atoms with Crippen molar-refractivity contribution in [1.29, 1.82) is 0 Å². The quantitative estimate of drug-likeness (QED) is 0.663. The van der Waals surface area contributed by atoms with Crippen molar-refractivity contribution in [2.75, 3.05) is 0 Å². The van der Waals surface area contributed by atoms with Gasteiger partial charge in [-0.05, 0) is 23.1 Å². The van der Waals surface area contributed by atoms with Crippen molar-refractivity contribution in [3.8, 4) is 11.1 Å².